The summed E-state index contributed by atoms with van der Waals surface area (Å²) in [5.74, 6) is 2.19. The van der Waals surface area contributed by atoms with Crippen molar-refractivity contribution in [3.63, 3.8) is 0 Å². The Hall–Kier alpha value is -4.16. The number of aliphatic carboxylic acids is 1. The molecular formula is C33H40O9S2. The molecule has 0 fully saturated rings. The molecule has 9 nitrogen and oxygen atoms in total. The van der Waals surface area contributed by atoms with Crippen molar-refractivity contribution >= 4 is 33.4 Å². The van der Waals surface area contributed by atoms with Gasteiger partial charge in [-0.25, -0.2) is 8.42 Å². The average Bonchev–Trinajstić information content (AvgIpc) is 3.01. The maximum absolute atomic E-state index is 11.3. The van der Waals surface area contributed by atoms with Gasteiger partial charge in [0, 0.05) is 19.4 Å². The second kappa shape index (κ2) is 21.5. The minimum absolute atomic E-state index is 0.0787. The number of benzene rings is 4. The summed E-state index contributed by atoms with van der Waals surface area (Å²) >= 11 is 1.73. The van der Waals surface area contributed by atoms with Gasteiger partial charge in [0.2, 0.25) is 0 Å². The van der Waals surface area contributed by atoms with Gasteiger partial charge in [-0.2, -0.15) is 0 Å². The molecule has 0 atom stereocenters. The molecule has 44 heavy (non-hydrogen) atoms. The summed E-state index contributed by atoms with van der Waals surface area (Å²) in [6, 6.07) is 30.2. The zero-order chi connectivity index (χ0) is 34.4. The molecule has 4 aromatic carbocycles. The van der Waals surface area contributed by atoms with Crippen molar-refractivity contribution < 1.29 is 44.5 Å². The molecule has 11 heteroatoms. The normalized spacial score (nSPS) is 9.86. The van der Waals surface area contributed by atoms with E-state index >= 15 is 0 Å². The van der Waals surface area contributed by atoms with Crippen LogP contribution in [-0.2, 0) is 19.4 Å². The van der Waals surface area contributed by atoms with Crippen LogP contribution < -0.4 is 9.47 Å². The van der Waals surface area contributed by atoms with E-state index in [1.165, 1.54) is 23.6 Å². The van der Waals surface area contributed by atoms with Crippen molar-refractivity contribution in [3.8, 4) is 23.0 Å². The van der Waals surface area contributed by atoms with Crippen LogP contribution in [0.3, 0.4) is 0 Å². The Kier molecular flexibility index (Phi) is 18.5. The summed E-state index contributed by atoms with van der Waals surface area (Å²) in [7, 11) is -3.15. The van der Waals surface area contributed by atoms with Gasteiger partial charge in [-0.3, -0.25) is 15.3 Å². The predicted molar refractivity (Wildman–Crippen MR) is 175 cm³/mol. The van der Waals surface area contributed by atoms with Gasteiger partial charge in [-0.15, -0.1) is 11.8 Å². The molecule has 0 spiro atoms. The van der Waals surface area contributed by atoms with E-state index in [1.54, 1.807) is 36.0 Å². The molecule has 0 unspecified atom stereocenters. The number of ether oxygens (including phenoxy) is 2. The van der Waals surface area contributed by atoms with Crippen LogP contribution in [0.4, 0.5) is 0 Å². The third-order valence-corrected chi connectivity index (χ3v) is 6.70. The molecule has 0 aliphatic rings. The van der Waals surface area contributed by atoms with Crippen LogP contribution in [-0.4, -0.2) is 48.3 Å². The summed E-state index contributed by atoms with van der Waals surface area (Å²) in [5.41, 5.74) is 2.40. The average molecular weight is 646 g/mol. The summed E-state index contributed by atoms with van der Waals surface area (Å²) in [6.07, 6.45) is 3.25. The Bertz CT molecular complexity index is 1500. The predicted octanol–water partition coefficient (Wildman–Crippen LogP) is 8.40. The SMILES string of the molecule is CC(=O)O.CSc1ccc(Oc2ccc(C)cc2)cc1.Cc1ccc(Oc2ccc(S(C)(=O)=O)cc2)cc1.OO.[2H]CC(C)=O. The summed E-state index contributed by atoms with van der Waals surface area (Å²) in [5, 5.41) is 19.4. The first kappa shape index (κ1) is 37.9. The molecule has 0 amide bonds. The molecule has 4 rings (SSSR count). The Labute approximate surface area is 265 Å². The van der Waals surface area contributed by atoms with E-state index < -0.39 is 15.8 Å². The van der Waals surface area contributed by atoms with Gasteiger partial charge in [0.25, 0.3) is 5.97 Å². The van der Waals surface area contributed by atoms with Crippen molar-refractivity contribution in [2.75, 3.05) is 12.5 Å². The minimum Gasteiger partial charge on any atom is -0.481 e. The third kappa shape index (κ3) is 19.1. The van der Waals surface area contributed by atoms with Gasteiger partial charge in [0.15, 0.2) is 9.84 Å². The van der Waals surface area contributed by atoms with Gasteiger partial charge >= 0.3 is 0 Å². The fourth-order valence-electron chi connectivity index (χ4n) is 2.88. The fraction of sp³-hybridized carbons (Fsp3) is 0.212. The monoisotopic (exact) mass is 645 g/mol. The Morgan fingerprint density at radius 1 is 0.682 bits per heavy atom. The molecule has 0 saturated heterocycles. The van der Waals surface area contributed by atoms with E-state index in [0.717, 1.165) is 29.7 Å². The number of hydrogen-bond donors (Lipinski definition) is 3. The standard InChI is InChI=1S/C14H14O3S.C14H14OS.C3H6O.C2H4O2.H2O2/c1-11-3-5-12(6-4-11)17-13-7-9-14(10-8-13)18(2,15)16;1-11-3-5-12(6-4-11)15-13-7-9-14(16-2)10-8-13;1-3(2)4;1-2(3)4;1-2/h3-10H,1-2H3;3-10H,1-2H3;1-2H3;1H3,(H,3,4);1-2H/i;;1D;;. The van der Waals surface area contributed by atoms with Gasteiger partial charge in [-0.05, 0) is 107 Å². The molecule has 0 radical (unpaired) electrons. The van der Waals surface area contributed by atoms with E-state index in [2.05, 4.69) is 25.3 Å². The second-order valence-electron chi connectivity index (χ2n) is 8.97. The number of Topliss-reactive ketones (excluding diaryl/α,β-unsaturated/α-hetero) is 1. The highest BCUT2D eigenvalue weighted by Gasteiger charge is 2.06. The van der Waals surface area contributed by atoms with Crippen LogP contribution in [0.5, 0.6) is 23.0 Å². The van der Waals surface area contributed by atoms with E-state index in [4.69, 9.17) is 31.3 Å². The molecule has 4 aromatic rings. The lowest BCUT2D eigenvalue weighted by atomic mass is 10.2. The van der Waals surface area contributed by atoms with Crippen LogP contribution in [0.25, 0.3) is 0 Å². The number of rotatable bonds is 6. The molecule has 238 valence electrons. The van der Waals surface area contributed by atoms with Crippen molar-refractivity contribution in [1.29, 1.82) is 0 Å². The molecule has 3 N–H and O–H groups in total. The number of hydrogen-bond acceptors (Lipinski definition) is 9. The van der Waals surface area contributed by atoms with Crippen LogP contribution in [0.15, 0.2) is 107 Å². The van der Waals surface area contributed by atoms with Gasteiger partial charge in [-0.1, -0.05) is 35.4 Å². The van der Waals surface area contributed by atoms with Crippen LogP contribution in [0.2, 0.25) is 0 Å². The first-order valence-corrected chi connectivity index (χ1v) is 16.0. The summed E-state index contributed by atoms with van der Waals surface area (Å²) in [6.45, 7) is 6.47. The van der Waals surface area contributed by atoms with Crippen molar-refractivity contribution in [2.24, 2.45) is 0 Å². The number of carboxylic acid groups (broad SMARTS) is 1. The molecular weight excluding hydrogens is 604 g/mol. The van der Waals surface area contributed by atoms with Crippen LogP contribution >= 0.6 is 11.8 Å². The minimum atomic E-state index is -3.15. The highest BCUT2D eigenvalue weighted by Crippen LogP contribution is 2.25. The van der Waals surface area contributed by atoms with Crippen molar-refractivity contribution in [1.82, 2.24) is 0 Å². The van der Waals surface area contributed by atoms with Crippen molar-refractivity contribution in [2.45, 2.75) is 44.4 Å². The van der Waals surface area contributed by atoms with Gasteiger partial charge in [0.05, 0.1) is 4.90 Å². The Morgan fingerprint density at radius 3 is 1.20 bits per heavy atom. The fourth-order valence-corrected chi connectivity index (χ4v) is 3.92. The van der Waals surface area contributed by atoms with Crippen LogP contribution in [0, 0.1) is 13.8 Å². The van der Waals surface area contributed by atoms with E-state index in [1.807, 2.05) is 67.6 Å². The lowest BCUT2D eigenvalue weighted by molar-refractivity contribution is -0.176. The lowest BCUT2D eigenvalue weighted by Crippen LogP contribution is -1.96. The van der Waals surface area contributed by atoms with Gasteiger partial charge in [0.1, 0.15) is 28.8 Å². The Balaban J connectivity index is 0.000000654. The number of carbonyl (C=O) groups is 2. The maximum atomic E-state index is 11.3. The third-order valence-electron chi connectivity index (χ3n) is 4.82. The number of ketones is 1. The zero-order valence-corrected chi connectivity index (χ0v) is 27.2. The molecule has 0 heterocycles. The molecule has 0 saturated carbocycles. The van der Waals surface area contributed by atoms with E-state index in [0.29, 0.717) is 10.6 Å². The topological polar surface area (TPSA) is 147 Å². The summed E-state index contributed by atoms with van der Waals surface area (Å²) < 4.78 is 40.2. The first-order chi connectivity index (χ1) is 21.2. The quantitative estimate of drug-likeness (QED) is 0.106. The molecule has 0 aliphatic heterocycles. The lowest BCUT2D eigenvalue weighted by Gasteiger charge is -2.06. The largest absolute Gasteiger partial charge is 0.481 e. The van der Waals surface area contributed by atoms with Gasteiger partial charge < -0.3 is 19.4 Å². The number of thioether (sulfide) groups is 1. The zero-order valence-electron chi connectivity index (χ0n) is 26.6. The summed E-state index contributed by atoms with van der Waals surface area (Å²) in [4.78, 5) is 20.2. The highest BCUT2D eigenvalue weighted by atomic mass is 32.2. The molecule has 0 aliphatic carbocycles. The van der Waals surface area contributed by atoms with Crippen LogP contribution in [0.1, 0.15) is 33.2 Å². The number of carboxylic acids is 1. The first-order valence-electron chi connectivity index (χ1n) is 13.6. The highest BCUT2D eigenvalue weighted by molar-refractivity contribution is 7.98. The van der Waals surface area contributed by atoms with E-state index in [9.17, 15) is 13.2 Å². The molecule has 0 aromatic heterocycles. The number of sulfone groups is 1. The second-order valence-corrected chi connectivity index (χ2v) is 11.9. The van der Waals surface area contributed by atoms with Crippen molar-refractivity contribution in [3.05, 3.63) is 108 Å². The maximum Gasteiger partial charge on any atom is 0.300 e. The number of carbonyl (C=O) groups excluding carboxylic acids is 1. The molecule has 0 bridgehead atoms. The Morgan fingerprint density at radius 2 is 0.955 bits per heavy atom. The van der Waals surface area contributed by atoms with E-state index in [-0.39, 0.29) is 12.7 Å². The number of aryl methyl sites for hydroxylation is 2. The smallest absolute Gasteiger partial charge is 0.300 e.